The number of methoxy groups -OCH3 is 1. The highest BCUT2D eigenvalue weighted by Gasteiger charge is 2.16. The number of hydrogen-bond donors (Lipinski definition) is 3. The molecule has 0 unspecified atom stereocenters. The van der Waals surface area contributed by atoms with Gasteiger partial charge in [-0.3, -0.25) is 4.79 Å². The smallest absolute Gasteiger partial charge is 0.255 e. The Kier molecular flexibility index (Phi) is 5.93. The standard InChI is InChI=1S/C12H19N3O4S/c1-3-14-6-7-15-12(16)10-8-9(20(13,17)18)4-5-11(10)19-2/h4-5,8,14H,3,6-7H2,1-2H3,(H,15,16)(H2,13,17,18). The summed E-state index contributed by atoms with van der Waals surface area (Å²) < 4.78 is 27.7. The van der Waals surface area contributed by atoms with E-state index in [0.29, 0.717) is 18.8 Å². The first-order valence-corrected chi connectivity index (χ1v) is 7.64. The summed E-state index contributed by atoms with van der Waals surface area (Å²) in [6.45, 7) is 3.81. The largest absolute Gasteiger partial charge is 0.496 e. The Labute approximate surface area is 118 Å². The van der Waals surface area contributed by atoms with Gasteiger partial charge < -0.3 is 15.4 Å². The van der Waals surface area contributed by atoms with Gasteiger partial charge in [-0.1, -0.05) is 6.92 Å². The molecule has 8 heteroatoms. The lowest BCUT2D eigenvalue weighted by Gasteiger charge is -2.10. The Balaban J connectivity index is 2.93. The second-order valence-electron chi connectivity index (χ2n) is 4.02. The number of hydrogen-bond acceptors (Lipinski definition) is 5. The molecule has 0 aromatic heterocycles. The predicted octanol–water partition coefficient (Wildman–Crippen LogP) is -0.318. The van der Waals surface area contributed by atoms with Gasteiger partial charge in [0.1, 0.15) is 5.75 Å². The third kappa shape index (κ3) is 4.48. The molecule has 0 aliphatic carbocycles. The number of ether oxygens (including phenoxy) is 1. The molecular weight excluding hydrogens is 282 g/mol. The zero-order chi connectivity index (χ0) is 15.2. The van der Waals surface area contributed by atoms with Crippen LogP contribution in [0.1, 0.15) is 17.3 Å². The molecule has 1 aromatic rings. The molecule has 7 nitrogen and oxygen atoms in total. The summed E-state index contributed by atoms with van der Waals surface area (Å²) in [5.74, 6) is -0.122. The summed E-state index contributed by atoms with van der Waals surface area (Å²) in [5.41, 5.74) is 0.135. The van der Waals surface area contributed by atoms with Gasteiger partial charge in [0.15, 0.2) is 0 Å². The molecule has 0 bridgehead atoms. The fraction of sp³-hybridized carbons (Fsp3) is 0.417. The highest BCUT2D eigenvalue weighted by Crippen LogP contribution is 2.21. The van der Waals surface area contributed by atoms with E-state index in [1.165, 1.54) is 25.3 Å². The molecule has 0 saturated carbocycles. The van der Waals surface area contributed by atoms with Gasteiger partial charge in [-0.25, -0.2) is 13.6 Å². The van der Waals surface area contributed by atoms with Gasteiger partial charge >= 0.3 is 0 Å². The van der Waals surface area contributed by atoms with E-state index < -0.39 is 15.9 Å². The molecule has 0 atom stereocenters. The van der Waals surface area contributed by atoms with Gasteiger partial charge in [0.05, 0.1) is 17.6 Å². The van der Waals surface area contributed by atoms with Crippen LogP contribution >= 0.6 is 0 Å². The van der Waals surface area contributed by atoms with E-state index in [4.69, 9.17) is 9.88 Å². The monoisotopic (exact) mass is 301 g/mol. The molecule has 1 rings (SSSR count). The molecule has 112 valence electrons. The van der Waals surface area contributed by atoms with Gasteiger partial charge in [-0.05, 0) is 24.7 Å². The summed E-state index contributed by atoms with van der Waals surface area (Å²) in [4.78, 5) is 11.9. The van der Waals surface area contributed by atoms with Crippen molar-refractivity contribution in [1.82, 2.24) is 10.6 Å². The van der Waals surface area contributed by atoms with Crippen LogP contribution in [0.4, 0.5) is 0 Å². The van der Waals surface area contributed by atoms with Gasteiger partial charge in [0, 0.05) is 13.1 Å². The summed E-state index contributed by atoms with van der Waals surface area (Å²) in [6.07, 6.45) is 0. The van der Waals surface area contributed by atoms with E-state index in [-0.39, 0.29) is 10.5 Å². The van der Waals surface area contributed by atoms with Crippen LogP contribution in [-0.2, 0) is 10.0 Å². The fourth-order valence-electron chi connectivity index (χ4n) is 1.58. The van der Waals surface area contributed by atoms with Crippen LogP contribution in [0.2, 0.25) is 0 Å². The van der Waals surface area contributed by atoms with Gasteiger partial charge in [-0.15, -0.1) is 0 Å². The molecule has 20 heavy (non-hydrogen) atoms. The Bertz CT molecular complexity index is 572. The maximum absolute atomic E-state index is 12.0. The molecule has 0 saturated heterocycles. The first kappa shape index (κ1) is 16.4. The highest BCUT2D eigenvalue weighted by molar-refractivity contribution is 7.89. The van der Waals surface area contributed by atoms with E-state index in [1.807, 2.05) is 6.92 Å². The Morgan fingerprint density at radius 3 is 2.60 bits per heavy atom. The molecule has 1 amide bonds. The summed E-state index contributed by atoms with van der Waals surface area (Å²) in [6, 6.07) is 3.90. The van der Waals surface area contributed by atoms with Crippen LogP contribution < -0.4 is 20.5 Å². The number of amides is 1. The Morgan fingerprint density at radius 2 is 2.05 bits per heavy atom. The minimum atomic E-state index is -3.86. The lowest BCUT2D eigenvalue weighted by Crippen LogP contribution is -2.32. The number of nitrogens with two attached hydrogens (primary N) is 1. The van der Waals surface area contributed by atoms with Crippen molar-refractivity contribution in [2.45, 2.75) is 11.8 Å². The topological polar surface area (TPSA) is 111 Å². The molecule has 0 radical (unpaired) electrons. The van der Waals surface area contributed by atoms with Gasteiger partial charge in [0.25, 0.3) is 5.91 Å². The van der Waals surface area contributed by atoms with Crippen molar-refractivity contribution in [2.75, 3.05) is 26.7 Å². The van der Waals surface area contributed by atoms with Crippen molar-refractivity contribution in [3.63, 3.8) is 0 Å². The number of likely N-dealkylation sites (N-methyl/N-ethyl adjacent to an activating group) is 1. The molecule has 0 aliphatic heterocycles. The third-order valence-electron chi connectivity index (χ3n) is 2.58. The SMILES string of the molecule is CCNCCNC(=O)c1cc(S(N)(=O)=O)ccc1OC. The van der Waals surface area contributed by atoms with Crippen LogP contribution in [-0.4, -0.2) is 41.1 Å². The molecule has 0 heterocycles. The Hall–Kier alpha value is -1.64. The first-order chi connectivity index (χ1) is 9.40. The third-order valence-corrected chi connectivity index (χ3v) is 3.49. The minimum absolute atomic E-state index is 0.130. The number of nitrogens with one attached hydrogen (secondary N) is 2. The number of rotatable bonds is 7. The van der Waals surface area contributed by atoms with Gasteiger partial charge in [-0.2, -0.15) is 0 Å². The summed E-state index contributed by atoms with van der Waals surface area (Å²) >= 11 is 0. The van der Waals surface area contributed by atoms with Crippen LogP contribution in [0.25, 0.3) is 0 Å². The zero-order valence-corrected chi connectivity index (χ0v) is 12.3. The van der Waals surface area contributed by atoms with Crippen LogP contribution in [0.3, 0.4) is 0 Å². The van der Waals surface area contributed by atoms with Crippen LogP contribution in [0, 0.1) is 0 Å². The van der Waals surface area contributed by atoms with E-state index in [1.54, 1.807) is 0 Å². The zero-order valence-electron chi connectivity index (χ0n) is 11.5. The average molecular weight is 301 g/mol. The number of sulfonamides is 1. The van der Waals surface area contributed by atoms with E-state index in [2.05, 4.69) is 10.6 Å². The van der Waals surface area contributed by atoms with Crippen LogP contribution in [0.5, 0.6) is 5.75 Å². The number of carbonyl (C=O) groups excluding carboxylic acids is 1. The maximum Gasteiger partial charge on any atom is 0.255 e. The molecule has 0 fully saturated rings. The number of primary sulfonamides is 1. The van der Waals surface area contributed by atoms with E-state index >= 15 is 0 Å². The second-order valence-corrected chi connectivity index (χ2v) is 5.58. The van der Waals surface area contributed by atoms with Crippen molar-refractivity contribution in [1.29, 1.82) is 0 Å². The second kappa shape index (κ2) is 7.22. The summed E-state index contributed by atoms with van der Waals surface area (Å²) in [7, 11) is -2.46. The predicted molar refractivity (Wildman–Crippen MR) is 75.2 cm³/mol. The van der Waals surface area contributed by atoms with Crippen molar-refractivity contribution in [2.24, 2.45) is 5.14 Å². The van der Waals surface area contributed by atoms with Crippen molar-refractivity contribution in [3.8, 4) is 5.75 Å². The first-order valence-electron chi connectivity index (χ1n) is 6.10. The lowest BCUT2D eigenvalue weighted by atomic mass is 10.2. The molecular formula is C12H19N3O4S. The minimum Gasteiger partial charge on any atom is -0.496 e. The van der Waals surface area contributed by atoms with Crippen molar-refractivity contribution in [3.05, 3.63) is 23.8 Å². The normalized spacial score (nSPS) is 11.2. The quantitative estimate of drug-likeness (QED) is 0.598. The Morgan fingerprint density at radius 1 is 1.35 bits per heavy atom. The lowest BCUT2D eigenvalue weighted by molar-refractivity contribution is 0.0950. The van der Waals surface area contributed by atoms with E-state index in [9.17, 15) is 13.2 Å². The molecule has 4 N–H and O–H groups in total. The van der Waals surface area contributed by atoms with Crippen molar-refractivity contribution < 1.29 is 17.9 Å². The number of benzene rings is 1. The molecule has 0 spiro atoms. The number of carbonyl (C=O) groups is 1. The molecule has 0 aliphatic rings. The van der Waals surface area contributed by atoms with Gasteiger partial charge in [0.2, 0.25) is 10.0 Å². The maximum atomic E-state index is 12.0. The highest BCUT2D eigenvalue weighted by atomic mass is 32.2. The van der Waals surface area contributed by atoms with Crippen molar-refractivity contribution >= 4 is 15.9 Å². The van der Waals surface area contributed by atoms with E-state index in [0.717, 1.165) is 6.54 Å². The summed E-state index contributed by atoms with van der Waals surface area (Å²) in [5, 5.41) is 10.8. The average Bonchev–Trinajstić information content (AvgIpc) is 2.41. The van der Waals surface area contributed by atoms with Crippen LogP contribution in [0.15, 0.2) is 23.1 Å². The molecule has 1 aromatic carbocycles. The fourth-order valence-corrected chi connectivity index (χ4v) is 2.12.